The summed E-state index contributed by atoms with van der Waals surface area (Å²) in [5.41, 5.74) is 5.26. The fraction of sp³-hybridized carbons (Fsp3) is 0.748. The second-order valence-electron chi connectivity index (χ2n) is 44.6. The third kappa shape index (κ3) is 11.6. The van der Waals surface area contributed by atoms with Gasteiger partial charge in [0.05, 0.1) is 61.5 Å². The zero-order valence-corrected chi connectivity index (χ0v) is 80.5. The highest BCUT2D eigenvalue weighted by molar-refractivity contribution is 6.27. The molecular weight excluding hydrogens is 1610 g/mol. The topological polar surface area (TPSA) is 228 Å². The Bertz CT molecular complexity index is 4880. The van der Waals surface area contributed by atoms with Crippen LogP contribution in [0, 0.1) is 131 Å². The number of alkyl halides is 4. The standard InChI is InChI=1S/2C26H37ClN2O2.C26H35ClO5.C25H35ClO2/c1-7-21(30)25(5)15(2)10-19-18-9-8-17-11-20-16(14-29(6)28-20)12-23(17,3)26(18,27)22(31)13-24(19,25)4;1-7-21(30)25(5)15(2)10-19-18-9-8-17-11-20-16(14-28-29(20)6)12-23(17,3)26(18,27)22(31)13-24(19,25)4;1-6-20(29)26(32-22(31)7-2)15(3)12-19-18-9-8-16-13-17(28)10-11-23(16,4)25(18,27)21(30)14-24(19,26)5;1-7-20(27)24(6)16(3)13-19-18-9-8-17-12-15(2)10-11-22(17,4)25(18,26)21(28)14-23(19,24)5/h2*11,14-15,18-19,22,31H,7-10,12-13H2,1-6H3;10-11,13,15,18-19,21,30H,6-9,12,14H2,1-5H3;10-12,16,18-19,21,28H,2,7-9,13-14H2,1,3-6H3/t2*15-,18-,19-,22-,23-,24-,25+,26-;15-,18-,19-,21-,23-,24-,25-,26-;16-,18-,19-,21-,22-,23-,24+,25-/m0000/s1. The average molecular weight is 1760 g/mol. The Hall–Kier alpha value is -4.58. The van der Waals surface area contributed by atoms with Crippen LogP contribution in [-0.2, 0) is 60.4 Å². The van der Waals surface area contributed by atoms with Crippen LogP contribution in [-0.4, -0.2) is 124 Å². The number of hydrogen-bond donors (Lipinski definition) is 4. The van der Waals surface area contributed by atoms with Gasteiger partial charge in [0.15, 0.2) is 17.2 Å². The van der Waals surface area contributed by atoms with Crippen molar-refractivity contribution in [3.8, 4) is 0 Å². The fourth-order valence-electron chi connectivity index (χ4n) is 33.1. The van der Waals surface area contributed by atoms with Crippen LogP contribution in [0.1, 0.15) is 296 Å². The molecule has 670 valence electrons. The maximum Gasteiger partial charge on any atom is 0.306 e. The zero-order chi connectivity index (χ0) is 89.5. The Morgan fingerprint density at radius 2 is 0.836 bits per heavy atom. The van der Waals surface area contributed by atoms with Gasteiger partial charge < -0.3 is 25.2 Å². The predicted octanol–water partition coefficient (Wildman–Crippen LogP) is 20.7. The summed E-state index contributed by atoms with van der Waals surface area (Å²) in [7, 11) is 3.96. The van der Waals surface area contributed by atoms with Crippen LogP contribution in [0.3, 0.4) is 0 Å². The van der Waals surface area contributed by atoms with E-state index in [-0.39, 0.29) is 110 Å². The highest BCUT2D eigenvalue weighted by Crippen LogP contribution is 2.80. The first-order valence-corrected chi connectivity index (χ1v) is 48.6. The van der Waals surface area contributed by atoms with Crippen molar-refractivity contribution in [1.29, 1.82) is 0 Å². The number of ether oxygens (including phenoxy) is 1. The largest absolute Gasteiger partial charge is 0.450 e. The molecule has 0 spiro atoms. The van der Waals surface area contributed by atoms with E-state index in [1.807, 2.05) is 77.3 Å². The number of carbonyl (C=O) groups excluding carboxylic acids is 6. The number of aliphatic hydroxyl groups is 4. The van der Waals surface area contributed by atoms with Crippen molar-refractivity contribution in [2.75, 3.05) is 0 Å². The summed E-state index contributed by atoms with van der Waals surface area (Å²) in [6.45, 7) is 46.4. The highest BCUT2D eigenvalue weighted by atomic mass is 35.5. The molecular formula is C103H144Cl4N4O11. The van der Waals surface area contributed by atoms with Crippen molar-refractivity contribution in [1.82, 2.24) is 19.6 Å². The second-order valence-corrected chi connectivity index (χ2v) is 47.1. The molecule has 0 saturated heterocycles. The van der Waals surface area contributed by atoms with E-state index in [1.165, 1.54) is 33.5 Å². The lowest BCUT2D eigenvalue weighted by Crippen LogP contribution is -2.69. The maximum absolute atomic E-state index is 13.5. The van der Waals surface area contributed by atoms with Gasteiger partial charge in [0.2, 0.25) is 0 Å². The zero-order valence-electron chi connectivity index (χ0n) is 77.4. The Morgan fingerprint density at radius 1 is 0.467 bits per heavy atom. The molecule has 15 nitrogen and oxygen atoms in total. The normalized spacial score (nSPS) is 49.0. The maximum atomic E-state index is 13.5. The summed E-state index contributed by atoms with van der Waals surface area (Å²) >= 11 is 30.4. The second kappa shape index (κ2) is 30.3. The van der Waals surface area contributed by atoms with Gasteiger partial charge in [0.1, 0.15) is 17.3 Å². The lowest BCUT2D eigenvalue weighted by molar-refractivity contribution is -0.201. The van der Waals surface area contributed by atoms with Crippen molar-refractivity contribution < 1.29 is 53.9 Å². The van der Waals surface area contributed by atoms with Gasteiger partial charge >= 0.3 is 5.97 Å². The Balaban J connectivity index is 0.000000126. The summed E-state index contributed by atoms with van der Waals surface area (Å²) in [6.07, 6.45) is 34.3. The SMILES string of the molecule is C=C1C=C[C@@]2(C)C(=C1)CC[C@H]1[C@@H]3C[C@H](C)[C@](C)(C(=O)CC)[C@@]3(C)C[C@H](O)[C@@]12Cl.CCC(=O)O[C@]1(C(=O)CC)[C@@H](C)C[C@H]2[C@@H]3CCC4=CC(=O)C=C[C@]4(C)[C@@]3(Cl)[C@@H](O)C[C@@]21C.CCC(=O)[C@@]1(C)[C@@H](C)C[C@H]2[C@@H]3CCC4=Cc5c(cnn5C)C[C@]4(C)[C@@]3(Cl)[C@@H](O)C[C@@]21C.CCC(=O)[C@@]1(C)[C@@H](C)C[C@H]2[C@@H]3CCC4=Cc5nn(C)cc5C[C@]4(C)[C@@]3(Cl)[C@@H](O)C[C@@]21C. The molecule has 0 amide bonds. The van der Waals surface area contributed by atoms with Crippen LogP contribution in [0.4, 0.5) is 0 Å². The van der Waals surface area contributed by atoms with E-state index in [0.29, 0.717) is 97.8 Å². The van der Waals surface area contributed by atoms with E-state index in [1.54, 1.807) is 26.0 Å². The molecule has 18 rings (SSSR count). The third-order valence-corrected chi connectivity index (χ3v) is 44.6. The first kappa shape index (κ1) is 92.1. The van der Waals surface area contributed by atoms with Crippen LogP contribution < -0.4 is 0 Å². The molecule has 32 atom stereocenters. The number of aryl methyl sites for hydroxylation is 2. The van der Waals surface area contributed by atoms with Crippen LogP contribution in [0.2, 0.25) is 0 Å². The minimum Gasteiger partial charge on any atom is -0.450 e. The number of allylic oxidation sites excluding steroid dienone is 11. The number of hydrogen-bond acceptors (Lipinski definition) is 13. The molecule has 2 heterocycles. The molecule has 19 heteroatoms. The van der Waals surface area contributed by atoms with Gasteiger partial charge in [-0.3, -0.25) is 38.1 Å². The van der Waals surface area contributed by atoms with Crippen molar-refractivity contribution in [2.24, 2.45) is 145 Å². The summed E-state index contributed by atoms with van der Waals surface area (Å²) in [6, 6.07) is 0. The van der Waals surface area contributed by atoms with E-state index in [4.69, 9.17) is 51.1 Å². The number of aliphatic hydroxyl groups excluding tert-OH is 4. The molecule has 0 aliphatic heterocycles. The quantitative estimate of drug-likeness (QED) is 0.128. The molecule has 4 N–H and O–H groups in total. The van der Waals surface area contributed by atoms with E-state index in [2.05, 4.69) is 136 Å². The Morgan fingerprint density at radius 3 is 1.27 bits per heavy atom. The smallest absolute Gasteiger partial charge is 0.306 e. The van der Waals surface area contributed by atoms with Crippen molar-refractivity contribution in [3.05, 3.63) is 106 Å². The van der Waals surface area contributed by atoms with Crippen LogP contribution in [0.15, 0.2) is 83.3 Å². The van der Waals surface area contributed by atoms with Gasteiger partial charge in [0.25, 0.3) is 0 Å². The molecule has 0 unspecified atom stereocenters. The lowest BCUT2D eigenvalue weighted by Gasteiger charge is -2.65. The van der Waals surface area contributed by atoms with Crippen LogP contribution in [0.5, 0.6) is 0 Å². The monoisotopic (exact) mass is 1750 g/mol. The van der Waals surface area contributed by atoms with Gasteiger partial charge in [-0.1, -0.05) is 192 Å². The molecule has 122 heavy (non-hydrogen) atoms. The average Bonchev–Trinajstić information content (AvgIpc) is 1.43. The van der Waals surface area contributed by atoms with Crippen molar-refractivity contribution in [2.45, 2.75) is 336 Å². The van der Waals surface area contributed by atoms with Crippen LogP contribution in [0.25, 0.3) is 12.2 Å². The van der Waals surface area contributed by atoms with E-state index in [9.17, 15) is 49.2 Å². The number of esters is 1. The molecule has 0 radical (unpaired) electrons. The molecule has 2 aromatic heterocycles. The summed E-state index contributed by atoms with van der Waals surface area (Å²) < 4.78 is 9.91. The van der Waals surface area contributed by atoms with E-state index < -0.39 is 71.2 Å². The summed E-state index contributed by atoms with van der Waals surface area (Å²) in [4.78, 5) is 74.6. The Kier molecular flexibility index (Phi) is 22.8. The van der Waals surface area contributed by atoms with E-state index >= 15 is 0 Å². The summed E-state index contributed by atoms with van der Waals surface area (Å²) in [5.74, 6) is 2.94. The number of fused-ring (bicyclic) bond motifs is 22. The minimum absolute atomic E-state index is 0.0166. The van der Waals surface area contributed by atoms with Crippen molar-refractivity contribution in [3.63, 3.8) is 0 Å². The number of Topliss-reactive ketones (excluding diaryl/α,β-unsaturated/α-hetero) is 4. The molecule has 12 fully saturated rings. The lowest BCUT2D eigenvalue weighted by atomic mass is 9.43. The molecule has 16 aliphatic carbocycles. The predicted molar refractivity (Wildman–Crippen MR) is 485 cm³/mol. The van der Waals surface area contributed by atoms with Gasteiger partial charge in [-0.05, 0) is 238 Å². The van der Waals surface area contributed by atoms with Gasteiger partial charge in [-0.2, -0.15) is 10.2 Å². The first-order chi connectivity index (χ1) is 56.8. The number of aromatic nitrogens is 4. The molecule has 16 aliphatic rings. The van der Waals surface area contributed by atoms with Gasteiger partial charge in [-0.15, -0.1) is 46.4 Å². The van der Waals surface area contributed by atoms with Crippen LogP contribution >= 0.6 is 46.4 Å². The van der Waals surface area contributed by atoms with Crippen molar-refractivity contribution >= 4 is 93.4 Å². The minimum atomic E-state index is -1.26. The number of ketones is 5. The Labute approximate surface area is 748 Å². The molecule has 2 aromatic rings. The number of carbonyl (C=O) groups is 6. The van der Waals surface area contributed by atoms with E-state index in [0.717, 1.165) is 100 Å². The number of rotatable bonds is 10. The molecule has 12 saturated carbocycles. The number of halogens is 4. The molecule has 0 bridgehead atoms. The van der Waals surface area contributed by atoms with Gasteiger partial charge in [0, 0.05) is 102 Å². The van der Waals surface area contributed by atoms with Gasteiger partial charge in [-0.25, -0.2) is 0 Å². The summed E-state index contributed by atoms with van der Waals surface area (Å²) in [5, 5.41) is 56.0. The highest BCUT2D eigenvalue weighted by Gasteiger charge is 2.80. The molecule has 0 aromatic carbocycles. The third-order valence-electron chi connectivity index (χ3n) is 40.8. The first-order valence-electron chi connectivity index (χ1n) is 47.1. The fourth-order valence-corrected chi connectivity index (χ4v) is 35.2. The number of nitrogens with zero attached hydrogens (tertiary/aromatic N) is 4.